The molecular weight excluding hydrogens is 278 g/mol. The minimum Gasteiger partial charge on any atom is -0.481 e. The second-order valence-electron chi connectivity index (χ2n) is 4.71. The summed E-state index contributed by atoms with van der Waals surface area (Å²) in [4.78, 5) is 20.7. The summed E-state index contributed by atoms with van der Waals surface area (Å²) in [5.74, 6) is -0.398. The van der Waals surface area contributed by atoms with Gasteiger partial charge in [-0.3, -0.25) is 14.9 Å². The topological polar surface area (TPSA) is 119 Å². The smallest absolute Gasteiger partial charge is 0.303 e. The van der Waals surface area contributed by atoms with Crippen molar-refractivity contribution in [1.82, 2.24) is 10.2 Å². The summed E-state index contributed by atoms with van der Waals surface area (Å²) in [5, 5.41) is 27.0. The number of nitrogens with zero attached hydrogens (tertiary/aromatic N) is 3. The lowest BCUT2D eigenvalue weighted by molar-refractivity contribution is -0.384. The Morgan fingerprint density at radius 3 is 2.62 bits per heavy atom. The van der Waals surface area contributed by atoms with Crippen molar-refractivity contribution in [3.8, 4) is 11.5 Å². The highest BCUT2D eigenvalue weighted by Gasteiger charge is 2.15. The highest BCUT2D eigenvalue weighted by molar-refractivity contribution is 5.67. The van der Waals surface area contributed by atoms with Crippen LogP contribution in [0.1, 0.15) is 19.2 Å². The van der Waals surface area contributed by atoms with E-state index in [1.807, 2.05) is 0 Å². The number of carboxylic acids is 1. The molecule has 2 aromatic rings. The van der Waals surface area contributed by atoms with Gasteiger partial charge in [-0.25, -0.2) is 0 Å². The zero-order valence-corrected chi connectivity index (χ0v) is 11.2. The summed E-state index contributed by atoms with van der Waals surface area (Å²) in [6.07, 6.45) is 0.390. The normalized spacial score (nSPS) is 12.0. The van der Waals surface area contributed by atoms with Crippen LogP contribution in [0.5, 0.6) is 0 Å². The standard InChI is InChI=1S/C13H13N3O5/c1-8(7-12(17)18)6-11-14-15-13(21-11)9-2-4-10(5-3-9)16(19)20/h2-5,8H,6-7H2,1H3,(H,17,18). The molecule has 1 unspecified atom stereocenters. The Bertz CT molecular complexity index is 650. The van der Waals surface area contributed by atoms with E-state index in [-0.39, 0.29) is 23.9 Å². The fourth-order valence-corrected chi connectivity index (χ4v) is 1.85. The molecule has 21 heavy (non-hydrogen) atoms. The average molecular weight is 291 g/mol. The van der Waals surface area contributed by atoms with Gasteiger partial charge in [0.05, 0.1) is 4.92 Å². The molecule has 1 N–H and O–H groups in total. The van der Waals surface area contributed by atoms with Gasteiger partial charge < -0.3 is 9.52 Å². The number of hydrogen-bond donors (Lipinski definition) is 1. The van der Waals surface area contributed by atoms with Gasteiger partial charge in [-0.15, -0.1) is 10.2 Å². The van der Waals surface area contributed by atoms with Crippen molar-refractivity contribution >= 4 is 11.7 Å². The molecule has 1 aromatic heterocycles. The molecule has 0 saturated carbocycles. The molecule has 0 saturated heterocycles. The molecule has 0 bridgehead atoms. The van der Waals surface area contributed by atoms with Crippen molar-refractivity contribution < 1.29 is 19.2 Å². The molecule has 0 amide bonds. The van der Waals surface area contributed by atoms with Crippen LogP contribution in [0.15, 0.2) is 28.7 Å². The summed E-state index contributed by atoms with van der Waals surface area (Å²) in [6.45, 7) is 1.78. The highest BCUT2D eigenvalue weighted by atomic mass is 16.6. The van der Waals surface area contributed by atoms with Crippen molar-refractivity contribution in [3.05, 3.63) is 40.3 Å². The van der Waals surface area contributed by atoms with Crippen LogP contribution in [-0.4, -0.2) is 26.2 Å². The number of aromatic nitrogens is 2. The summed E-state index contributed by atoms with van der Waals surface area (Å²) in [7, 11) is 0. The molecule has 0 spiro atoms. The Morgan fingerprint density at radius 2 is 2.05 bits per heavy atom. The Hall–Kier alpha value is -2.77. The molecule has 8 heteroatoms. The number of benzene rings is 1. The van der Waals surface area contributed by atoms with Crippen LogP contribution in [-0.2, 0) is 11.2 Å². The minimum absolute atomic E-state index is 0.0198. The Kier molecular flexibility index (Phi) is 4.27. The summed E-state index contributed by atoms with van der Waals surface area (Å²) in [5.41, 5.74) is 0.554. The van der Waals surface area contributed by atoms with Crippen molar-refractivity contribution in [3.63, 3.8) is 0 Å². The summed E-state index contributed by atoms with van der Waals surface area (Å²) in [6, 6.07) is 5.75. The lowest BCUT2D eigenvalue weighted by atomic mass is 10.0. The van der Waals surface area contributed by atoms with Crippen molar-refractivity contribution in [2.45, 2.75) is 19.8 Å². The van der Waals surface area contributed by atoms with Crippen LogP contribution in [0.3, 0.4) is 0 Å². The van der Waals surface area contributed by atoms with E-state index in [0.29, 0.717) is 17.9 Å². The zero-order chi connectivity index (χ0) is 15.4. The third kappa shape index (κ3) is 3.85. The molecule has 0 radical (unpaired) electrons. The van der Waals surface area contributed by atoms with Crippen molar-refractivity contribution in [2.24, 2.45) is 5.92 Å². The van der Waals surface area contributed by atoms with Gasteiger partial charge in [0.2, 0.25) is 11.8 Å². The third-order valence-electron chi connectivity index (χ3n) is 2.84. The van der Waals surface area contributed by atoms with E-state index in [1.165, 1.54) is 24.3 Å². The maximum absolute atomic E-state index is 10.6. The van der Waals surface area contributed by atoms with Crippen LogP contribution in [0.25, 0.3) is 11.5 Å². The van der Waals surface area contributed by atoms with E-state index in [2.05, 4.69) is 10.2 Å². The van der Waals surface area contributed by atoms with Gasteiger partial charge >= 0.3 is 5.97 Å². The molecule has 0 aliphatic heterocycles. The van der Waals surface area contributed by atoms with Gasteiger partial charge in [0.1, 0.15) is 0 Å². The van der Waals surface area contributed by atoms with Gasteiger partial charge in [0.25, 0.3) is 5.69 Å². The maximum Gasteiger partial charge on any atom is 0.303 e. The van der Waals surface area contributed by atoms with Crippen LogP contribution in [0.4, 0.5) is 5.69 Å². The van der Waals surface area contributed by atoms with E-state index in [1.54, 1.807) is 6.92 Å². The van der Waals surface area contributed by atoms with E-state index >= 15 is 0 Å². The van der Waals surface area contributed by atoms with Crippen molar-refractivity contribution in [1.29, 1.82) is 0 Å². The molecule has 0 aliphatic rings. The Labute approximate surface area is 119 Å². The highest BCUT2D eigenvalue weighted by Crippen LogP contribution is 2.22. The zero-order valence-electron chi connectivity index (χ0n) is 11.2. The Morgan fingerprint density at radius 1 is 1.38 bits per heavy atom. The van der Waals surface area contributed by atoms with Crippen LogP contribution in [0.2, 0.25) is 0 Å². The van der Waals surface area contributed by atoms with Gasteiger partial charge in [-0.2, -0.15) is 0 Å². The summed E-state index contributed by atoms with van der Waals surface area (Å²) >= 11 is 0. The van der Waals surface area contributed by atoms with E-state index in [0.717, 1.165) is 0 Å². The molecule has 2 rings (SSSR count). The van der Waals surface area contributed by atoms with E-state index in [9.17, 15) is 14.9 Å². The first kappa shape index (κ1) is 14.6. The largest absolute Gasteiger partial charge is 0.481 e. The van der Waals surface area contributed by atoms with Gasteiger partial charge in [-0.1, -0.05) is 6.92 Å². The number of non-ortho nitro benzene ring substituents is 1. The number of carbonyl (C=O) groups is 1. The van der Waals surface area contributed by atoms with Crippen LogP contribution >= 0.6 is 0 Å². The van der Waals surface area contributed by atoms with Crippen LogP contribution < -0.4 is 0 Å². The lowest BCUT2D eigenvalue weighted by Gasteiger charge is -2.03. The molecule has 1 heterocycles. The molecular formula is C13H13N3O5. The quantitative estimate of drug-likeness (QED) is 0.640. The molecule has 110 valence electrons. The first-order valence-corrected chi connectivity index (χ1v) is 6.24. The fourth-order valence-electron chi connectivity index (χ4n) is 1.85. The van der Waals surface area contributed by atoms with Gasteiger partial charge in [-0.05, 0) is 18.1 Å². The van der Waals surface area contributed by atoms with Crippen LogP contribution in [0, 0.1) is 16.0 Å². The lowest BCUT2D eigenvalue weighted by Crippen LogP contribution is -2.07. The second kappa shape index (κ2) is 6.12. The van der Waals surface area contributed by atoms with E-state index < -0.39 is 10.9 Å². The van der Waals surface area contributed by atoms with Gasteiger partial charge in [0, 0.05) is 30.5 Å². The number of hydrogen-bond acceptors (Lipinski definition) is 6. The molecule has 1 atom stereocenters. The number of nitro groups is 1. The monoisotopic (exact) mass is 291 g/mol. The first-order chi connectivity index (χ1) is 9.95. The summed E-state index contributed by atoms with van der Waals surface area (Å²) < 4.78 is 5.44. The molecule has 8 nitrogen and oxygen atoms in total. The molecule has 0 fully saturated rings. The molecule has 0 aliphatic carbocycles. The maximum atomic E-state index is 10.6. The number of nitro benzene ring substituents is 1. The third-order valence-corrected chi connectivity index (χ3v) is 2.84. The van der Waals surface area contributed by atoms with Crippen molar-refractivity contribution in [2.75, 3.05) is 0 Å². The molecule has 1 aromatic carbocycles. The van der Waals surface area contributed by atoms with Gasteiger partial charge in [0.15, 0.2) is 0 Å². The second-order valence-corrected chi connectivity index (χ2v) is 4.71. The Balaban J connectivity index is 2.08. The first-order valence-electron chi connectivity index (χ1n) is 6.24. The number of aliphatic carboxylic acids is 1. The minimum atomic E-state index is -0.877. The SMILES string of the molecule is CC(CC(=O)O)Cc1nnc(-c2ccc([N+](=O)[O-])cc2)o1. The predicted octanol–water partition coefficient (Wildman–Crippen LogP) is 2.30. The van der Waals surface area contributed by atoms with E-state index in [4.69, 9.17) is 9.52 Å². The predicted molar refractivity (Wildman–Crippen MR) is 71.5 cm³/mol. The number of carboxylic acid groups (broad SMARTS) is 1. The average Bonchev–Trinajstić information content (AvgIpc) is 2.86. The fraction of sp³-hybridized carbons (Fsp3) is 0.308. The number of rotatable bonds is 6.